The van der Waals surface area contributed by atoms with Crippen molar-refractivity contribution in [1.29, 1.82) is 0 Å². The number of aryl methyl sites for hydroxylation is 1. The van der Waals surface area contributed by atoms with E-state index < -0.39 is 0 Å². The second-order valence-electron chi connectivity index (χ2n) is 7.19. The lowest BCUT2D eigenvalue weighted by molar-refractivity contribution is 0.432. The van der Waals surface area contributed by atoms with Crippen molar-refractivity contribution < 1.29 is 4.52 Å². The van der Waals surface area contributed by atoms with Gasteiger partial charge in [0.15, 0.2) is 0 Å². The molecule has 0 unspecified atom stereocenters. The highest BCUT2D eigenvalue weighted by atomic mass is 16.5. The number of aromatic nitrogens is 5. The predicted octanol–water partition coefficient (Wildman–Crippen LogP) is 2.52. The summed E-state index contributed by atoms with van der Waals surface area (Å²) < 4.78 is 7.27. The molecule has 4 heterocycles. The molecule has 0 amide bonds. The van der Waals surface area contributed by atoms with Crippen molar-refractivity contribution in [3.63, 3.8) is 0 Å². The SMILES string of the molecule is Cc1ccc(-c2noc(-c3cnn4c(C5CCNCC5)cc(=O)[nH]c34)n2)cc1. The maximum absolute atomic E-state index is 12.3. The first-order valence-corrected chi connectivity index (χ1v) is 9.42. The molecule has 0 spiro atoms. The Morgan fingerprint density at radius 2 is 1.96 bits per heavy atom. The van der Waals surface area contributed by atoms with Gasteiger partial charge in [-0.3, -0.25) is 4.79 Å². The minimum atomic E-state index is -0.152. The van der Waals surface area contributed by atoms with Gasteiger partial charge in [0, 0.05) is 17.5 Å². The summed E-state index contributed by atoms with van der Waals surface area (Å²) in [5.41, 5.74) is 4.02. The number of fused-ring (bicyclic) bond motifs is 1. The van der Waals surface area contributed by atoms with Gasteiger partial charge in [-0.2, -0.15) is 10.1 Å². The molecule has 8 nitrogen and oxygen atoms in total. The summed E-state index contributed by atoms with van der Waals surface area (Å²) in [6.45, 7) is 3.91. The third kappa shape index (κ3) is 2.91. The Morgan fingerprint density at radius 3 is 2.75 bits per heavy atom. The summed E-state index contributed by atoms with van der Waals surface area (Å²) in [5.74, 6) is 1.14. The molecule has 0 aliphatic carbocycles. The van der Waals surface area contributed by atoms with Crippen LogP contribution in [-0.2, 0) is 0 Å². The maximum atomic E-state index is 12.3. The molecular weight excluding hydrogens is 356 g/mol. The number of aromatic amines is 1. The van der Waals surface area contributed by atoms with Crippen LogP contribution < -0.4 is 10.9 Å². The second-order valence-corrected chi connectivity index (χ2v) is 7.19. The molecule has 4 aromatic rings. The van der Waals surface area contributed by atoms with Crippen LogP contribution in [0, 0.1) is 6.92 Å². The summed E-state index contributed by atoms with van der Waals surface area (Å²) in [6, 6.07) is 9.56. The number of hydrogen-bond acceptors (Lipinski definition) is 6. The molecule has 3 aromatic heterocycles. The van der Waals surface area contributed by atoms with Gasteiger partial charge in [0.2, 0.25) is 5.82 Å². The first kappa shape index (κ1) is 16.9. The molecule has 0 radical (unpaired) electrons. The zero-order valence-electron chi connectivity index (χ0n) is 15.5. The highest BCUT2D eigenvalue weighted by Gasteiger charge is 2.22. The van der Waals surface area contributed by atoms with Crippen molar-refractivity contribution in [2.24, 2.45) is 0 Å². The number of rotatable bonds is 3. The number of hydrogen-bond donors (Lipinski definition) is 2. The third-order valence-corrected chi connectivity index (χ3v) is 5.26. The maximum Gasteiger partial charge on any atom is 0.263 e. The fraction of sp³-hybridized carbons (Fsp3) is 0.300. The van der Waals surface area contributed by atoms with Crippen LogP contribution in [0.3, 0.4) is 0 Å². The summed E-state index contributed by atoms with van der Waals surface area (Å²) in [7, 11) is 0. The fourth-order valence-corrected chi connectivity index (χ4v) is 3.73. The highest BCUT2D eigenvalue weighted by molar-refractivity contribution is 5.72. The predicted molar refractivity (Wildman–Crippen MR) is 104 cm³/mol. The van der Waals surface area contributed by atoms with Gasteiger partial charge in [0.05, 0.1) is 11.9 Å². The van der Waals surface area contributed by atoms with Gasteiger partial charge >= 0.3 is 0 Å². The fourth-order valence-electron chi connectivity index (χ4n) is 3.73. The molecule has 0 atom stereocenters. The van der Waals surface area contributed by atoms with Crippen molar-refractivity contribution >= 4 is 5.65 Å². The van der Waals surface area contributed by atoms with Crippen molar-refractivity contribution in [3.8, 4) is 22.8 Å². The van der Waals surface area contributed by atoms with E-state index in [9.17, 15) is 4.79 Å². The Kier molecular flexibility index (Phi) is 4.05. The first-order valence-electron chi connectivity index (χ1n) is 9.42. The van der Waals surface area contributed by atoms with Gasteiger partial charge in [-0.25, -0.2) is 4.52 Å². The monoisotopic (exact) mass is 376 g/mol. The molecule has 1 aliphatic heterocycles. The first-order chi connectivity index (χ1) is 13.7. The Labute approximate surface area is 160 Å². The number of nitrogens with one attached hydrogen (secondary N) is 2. The van der Waals surface area contributed by atoms with E-state index >= 15 is 0 Å². The lowest BCUT2D eigenvalue weighted by atomic mass is 9.94. The standard InChI is InChI=1S/C20H20N6O2/c1-12-2-4-14(5-3-12)18-24-20(28-25-18)15-11-22-26-16(10-17(27)23-19(15)26)13-6-8-21-9-7-13/h2-5,10-11,13,21H,6-9H2,1H3,(H,23,27). The van der Waals surface area contributed by atoms with E-state index in [0.717, 1.165) is 42.8 Å². The van der Waals surface area contributed by atoms with Gasteiger partial charge < -0.3 is 14.8 Å². The van der Waals surface area contributed by atoms with Gasteiger partial charge in [0.25, 0.3) is 11.4 Å². The smallest absolute Gasteiger partial charge is 0.263 e. The zero-order chi connectivity index (χ0) is 19.1. The number of nitrogens with zero attached hydrogens (tertiary/aromatic N) is 4. The van der Waals surface area contributed by atoms with E-state index in [1.54, 1.807) is 16.8 Å². The van der Waals surface area contributed by atoms with Gasteiger partial charge in [-0.15, -0.1) is 0 Å². The number of benzene rings is 1. The zero-order valence-corrected chi connectivity index (χ0v) is 15.5. The van der Waals surface area contributed by atoms with Crippen LogP contribution in [0.2, 0.25) is 0 Å². The van der Waals surface area contributed by atoms with E-state index in [0.29, 0.717) is 28.8 Å². The van der Waals surface area contributed by atoms with Crippen LogP contribution in [0.5, 0.6) is 0 Å². The lowest BCUT2D eigenvalue weighted by Crippen LogP contribution is -2.28. The van der Waals surface area contributed by atoms with Gasteiger partial charge in [-0.05, 0) is 32.9 Å². The van der Waals surface area contributed by atoms with Gasteiger partial charge in [-0.1, -0.05) is 35.0 Å². The molecular formula is C20H20N6O2. The minimum absolute atomic E-state index is 0.152. The van der Waals surface area contributed by atoms with Crippen molar-refractivity contribution in [3.05, 3.63) is 58.1 Å². The van der Waals surface area contributed by atoms with Crippen molar-refractivity contribution in [2.75, 3.05) is 13.1 Å². The number of piperidine rings is 1. The Bertz CT molecular complexity index is 1180. The summed E-state index contributed by atoms with van der Waals surface area (Å²) in [5, 5.41) is 11.9. The van der Waals surface area contributed by atoms with Crippen LogP contribution in [0.4, 0.5) is 0 Å². The number of H-pyrrole nitrogens is 1. The highest BCUT2D eigenvalue weighted by Crippen LogP contribution is 2.28. The van der Waals surface area contributed by atoms with Crippen molar-refractivity contribution in [1.82, 2.24) is 30.1 Å². The van der Waals surface area contributed by atoms with Crippen LogP contribution in [-0.4, -0.2) is 37.8 Å². The van der Waals surface area contributed by atoms with E-state index in [1.165, 1.54) is 0 Å². The molecule has 0 saturated carbocycles. The Hall–Kier alpha value is -3.26. The van der Waals surface area contributed by atoms with Crippen LogP contribution in [0.15, 0.2) is 45.8 Å². The lowest BCUT2D eigenvalue weighted by Gasteiger charge is -2.23. The molecule has 0 bridgehead atoms. The summed E-state index contributed by atoms with van der Waals surface area (Å²) in [4.78, 5) is 19.7. The molecule has 1 aromatic carbocycles. The molecule has 8 heteroatoms. The Balaban J connectivity index is 1.58. The normalized spacial score (nSPS) is 15.3. The van der Waals surface area contributed by atoms with E-state index in [2.05, 4.69) is 25.5 Å². The average molecular weight is 376 g/mol. The van der Waals surface area contributed by atoms with E-state index in [4.69, 9.17) is 4.52 Å². The van der Waals surface area contributed by atoms with Gasteiger partial charge in [0.1, 0.15) is 11.2 Å². The second kappa shape index (κ2) is 6.72. The topological polar surface area (TPSA) is 101 Å². The molecule has 1 fully saturated rings. The van der Waals surface area contributed by atoms with E-state index in [-0.39, 0.29) is 5.56 Å². The molecule has 142 valence electrons. The average Bonchev–Trinajstić information content (AvgIpc) is 3.35. The minimum Gasteiger partial charge on any atom is -0.333 e. The molecule has 28 heavy (non-hydrogen) atoms. The molecule has 1 saturated heterocycles. The quantitative estimate of drug-likeness (QED) is 0.570. The summed E-state index contributed by atoms with van der Waals surface area (Å²) in [6.07, 6.45) is 3.63. The summed E-state index contributed by atoms with van der Waals surface area (Å²) >= 11 is 0. The van der Waals surface area contributed by atoms with Crippen LogP contribution in [0.1, 0.15) is 30.0 Å². The van der Waals surface area contributed by atoms with E-state index in [1.807, 2.05) is 31.2 Å². The third-order valence-electron chi connectivity index (χ3n) is 5.26. The largest absolute Gasteiger partial charge is 0.333 e. The van der Waals surface area contributed by atoms with Crippen LogP contribution in [0.25, 0.3) is 28.5 Å². The van der Waals surface area contributed by atoms with Crippen molar-refractivity contribution in [2.45, 2.75) is 25.7 Å². The van der Waals surface area contributed by atoms with Crippen LogP contribution >= 0.6 is 0 Å². The Morgan fingerprint density at radius 1 is 1.18 bits per heavy atom. The molecule has 2 N–H and O–H groups in total. The molecule has 1 aliphatic rings. The molecule has 5 rings (SSSR count).